The molecule has 0 aromatic carbocycles. The van der Waals surface area contributed by atoms with Crippen LogP contribution in [0.4, 0.5) is 4.79 Å². The molecule has 0 bridgehead atoms. The Morgan fingerprint density at radius 2 is 1.85 bits per heavy atom. The number of aliphatic carboxylic acids is 1. The van der Waals surface area contributed by atoms with E-state index in [1.165, 1.54) is 0 Å². The first-order valence-corrected chi connectivity index (χ1v) is 3.04. The summed E-state index contributed by atoms with van der Waals surface area (Å²) in [6, 6.07) is -1.63. The molecule has 0 aliphatic rings. The Hall–Kier alpha value is -1.83. The number of carboxylic acids is 1. The summed E-state index contributed by atoms with van der Waals surface area (Å²) < 4.78 is 0. The van der Waals surface area contributed by atoms with Gasteiger partial charge in [-0.05, 0) is 0 Å². The highest BCUT2D eigenvalue weighted by Gasteiger charge is 2.23. The zero-order chi connectivity index (χ0) is 10.4. The number of hydrogen-bond donors (Lipinski definition) is 4. The van der Waals surface area contributed by atoms with E-state index in [1.807, 2.05) is 0 Å². The van der Waals surface area contributed by atoms with Crippen molar-refractivity contribution < 1.29 is 34.7 Å². The molecule has 0 fully saturated rings. The highest BCUT2D eigenvalue weighted by Crippen LogP contribution is 1.94. The van der Waals surface area contributed by atoms with Crippen molar-refractivity contribution in [3.63, 3.8) is 0 Å². The maximum absolute atomic E-state index is 10.3. The second kappa shape index (κ2) is 4.93. The Balaban J connectivity index is 4.18. The van der Waals surface area contributed by atoms with Crippen LogP contribution in [-0.4, -0.2) is 39.5 Å². The summed E-state index contributed by atoms with van der Waals surface area (Å²) in [5.74, 6) is -2.77. The Labute approximate surface area is 71.7 Å². The predicted octanol–water partition coefficient (Wildman–Crippen LogP) is -0.886. The summed E-state index contributed by atoms with van der Waals surface area (Å²) in [6.45, 7) is 0. The van der Waals surface area contributed by atoms with Crippen molar-refractivity contribution in [2.24, 2.45) is 0 Å². The molecule has 0 unspecified atom stereocenters. The smallest absolute Gasteiger partial charge is 0.405 e. The van der Waals surface area contributed by atoms with Crippen molar-refractivity contribution in [2.45, 2.75) is 12.5 Å². The van der Waals surface area contributed by atoms with E-state index in [9.17, 15) is 14.4 Å². The molecule has 0 aliphatic heterocycles. The largest absolute Gasteiger partial charge is 0.480 e. The van der Waals surface area contributed by atoms with Crippen LogP contribution < -0.4 is 5.32 Å². The van der Waals surface area contributed by atoms with Crippen LogP contribution in [0.5, 0.6) is 0 Å². The van der Waals surface area contributed by atoms with E-state index in [1.54, 1.807) is 5.32 Å². The number of hydrogen-bond acceptors (Lipinski definition) is 5. The van der Waals surface area contributed by atoms with Gasteiger partial charge in [0.25, 0.3) is 0 Å². The predicted molar refractivity (Wildman–Crippen MR) is 35.9 cm³/mol. The fraction of sp³-hybridized carbons (Fsp3) is 0.400. The number of carboxylic acid groups (broad SMARTS) is 2. The van der Waals surface area contributed by atoms with E-state index in [0.717, 1.165) is 0 Å². The molecule has 8 nitrogen and oxygen atoms in total. The summed E-state index contributed by atoms with van der Waals surface area (Å²) in [6.07, 6.45) is -2.36. The van der Waals surface area contributed by atoms with Crippen LogP contribution in [0.25, 0.3) is 0 Å². The first kappa shape index (κ1) is 11.2. The van der Waals surface area contributed by atoms with Gasteiger partial charge in [0.15, 0.2) is 0 Å². The van der Waals surface area contributed by atoms with Crippen LogP contribution in [0.15, 0.2) is 0 Å². The van der Waals surface area contributed by atoms with Crippen LogP contribution in [0.2, 0.25) is 0 Å². The van der Waals surface area contributed by atoms with Gasteiger partial charge in [0.1, 0.15) is 6.04 Å². The summed E-state index contributed by atoms with van der Waals surface area (Å²) in [7, 11) is 0. The lowest BCUT2D eigenvalue weighted by Gasteiger charge is -2.08. The molecule has 1 amide bonds. The Kier molecular flexibility index (Phi) is 4.24. The molecule has 0 heterocycles. The van der Waals surface area contributed by atoms with Crippen LogP contribution in [0, 0.1) is 0 Å². The van der Waals surface area contributed by atoms with E-state index in [-0.39, 0.29) is 0 Å². The lowest BCUT2D eigenvalue weighted by Crippen LogP contribution is -2.41. The monoisotopic (exact) mass is 193 g/mol. The van der Waals surface area contributed by atoms with Gasteiger partial charge in [0.2, 0.25) is 0 Å². The molecule has 0 radical (unpaired) electrons. The number of amides is 1. The number of carbonyl (C=O) groups is 3. The second-order valence-electron chi connectivity index (χ2n) is 2.01. The van der Waals surface area contributed by atoms with E-state index >= 15 is 0 Å². The van der Waals surface area contributed by atoms with Crippen molar-refractivity contribution in [1.82, 2.24) is 5.32 Å². The molecule has 0 rings (SSSR count). The highest BCUT2D eigenvalue weighted by molar-refractivity contribution is 5.84. The minimum absolute atomic E-state index is 0.780. The first-order valence-electron chi connectivity index (χ1n) is 3.04. The van der Waals surface area contributed by atoms with Crippen molar-refractivity contribution >= 4 is 18.0 Å². The molecule has 0 spiro atoms. The van der Waals surface area contributed by atoms with Crippen molar-refractivity contribution in [3.05, 3.63) is 0 Å². The number of nitrogens with one attached hydrogen (secondary N) is 1. The molecular formula is C5H7NO7. The van der Waals surface area contributed by atoms with Gasteiger partial charge in [0, 0.05) is 0 Å². The zero-order valence-electron chi connectivity index (χ0n) is 6.26. The van der Waals surface area contributed by atoms with Crippen molar-refractivity contribution in [3.8, 4) is 0 Å². The third-order valence-electron chi connectivity index (χ3n) is 1.07. The van der Waals surface area contributed by atoms with Gasteiger partial charge >= 0.3 is 18.0 Å². The van der Waals surface area contributed by atoms with Gasteiger partial charge in [-0.1, -0.05) is 0 Å². The summed E-state index contributed by atoms with van der Waals surface area (Å²) in [5, 5.41) is 25.8. The van der Waals surface area contributed by atoms with Crippen LogP contribution in [0.3, 0.4) is 0 Å². The van der Waals surface area contributed by atoms with E-state index in [4.69, 9.17) is 15.5 Å². The molecule has 74 valence electrons. The fourth-order valence-electron chi connectivity index (χ4n) is 0.553. The van der Waals surface area contributed by atoms with E-state index < -0.39 is 30.5 Å². The molecule has 13 heavy (non-hydrogen) atoms. The lowest BCUT2D eigenvalue weighted by atomic mass is 10.2. The minimum Gasteiger partial charge on any atom is -0.480 e. The molecule has 0 aromatic rings. The third kappa shape index (κ3) is 4.58. The van der Waals surface area contributed by atoms with E-state index in [2.05, 4.69) is 4.89 Å². The Morgan fingerprint density at radius 1 is 1.31 bits per heavy atom. The summed E-state index contributed by atoms with van der Waals surface area (Å²) in [5.41, 5.74) is 0. The topological polar surface area (TPSA) is 133 Å². The average molecular weight is 193 g/mol. The molecule has 4 N–H and O–H groups in total. The maximum atomic E-state index is 10.3. The second-order valence-corrected chi connectivity index (χ2v) is 2.01. The normalized spacial score (nSPS) is 11.5. The van der Waals surface area contributed by atoms with Crippen LogP contribution in [-0.2, 0) is 14.5 Å². The minimum atomic E-state index is -1.63. The number of rotatable bonds is 4. The first-order chi connectivity index (χ1) is 5.97. The summed E-state index contributed by atoms with van der Waals surface area (Å²) >= 11 is 0. The molecule has 1 atom stereocenters. The summed E-state index contributed by atoms with van der Waals surface area (Å²) in [4.78, 5) is 33.8. The average Bonchev–Trinajstić information content (AvgIpc) is 2.02. The fourth-order valence-corrected chi connectivity index (χ4v) is 0.553. The van der Waals surface area contributed by atoms with Gasteiger partial charge in [0.05, 0.1) is 6.42 Å². The van der Waals surface area contributed by atoms with Gasteiger partial charge < -0.3 is 20.4 Å². The Morgan fingerprint density at radius 3 is 2.15 bits per heavy atom. The molecule has 0 saturated heterocycles. The molecule has 0 aliphatic carbocycles. The quantitative estimate of drug-likeness (QED) is 0.336. The van der Waals surface area contributed by atoms with Gasteiger partial charge in [-0.25, -0.2) is 14.4 Å². The third-order valence-corrected chi connectivity index (χ3v) is 1.07. The van der Waals surface area contributed by atoms with E-state index in [0.29, 0.717) is 0 Å². The van der Waals surface area contributed by atoms with Gasteiger partial charge in [-0.15, -0.1) is 0 Å². The SMILES string of the molecule is O=C(O)N[C@@H](CC(=O)OO)C(=O)O. The lowest BCUT2D eigenvalue weighted by molar-refractivity contribution is -0.234. The molecule has 0 saturated carbocycles. The highest BCUT2D eigenvalue weighted by atomic mass is 17.1. The molecule has 0 aromatic heterocycles. The standard InChI is InChI=1S/C5H7NO7/c7-3(13-12)1-2(4(8)9)6-5(10)11/h2,6,12H,1H2,(H,8,9)(H,10,11)/t2-/m0/s1. The molecular weight excluding hydrogens is 186 g/mol. The van der Waals surface area contributed by atoms with Gasteiger partial charge in [-0.3, -0.25) is 0 Å². The maximum Gasteiger partial charge on any atom is 0.405 e. The van der Waals surface area contributed by atoms with Crippen molar-refractivity contribution in [1.29, 1.82) is 0 Å². The van der Waals surface area contributed by atoms with Crippen LogP contribution in [0.1, 0.15) is 6.42 Å². The van der Waals surface area contributed by atoms with Crippen molar-refractivity contribution in [2.75, 3.05) is 0 Å². The van der Waals surface area contributed by atoms with Crippen LogP contribution >= 0.6 is 0 Å². The molecule has 8 heteroatoms. The Bertz CT molecular complexity index is 225. The number of carbonyl (C=O) groups excluding carboxylic acids is 1. The van der Waals surface area contributed by atoms with Gasteiger partial charge in [-0.2, -0.15) is 5.26 Å². The zero-order valence-corrected chi connectivity index (χ0v) is 6.26.